The summed E-state index contributed by atoms with van der Waals surface area (Å²) in [5, 5.41) is 0. The van der Waals surface area contributed by atoms with Crippen LogP contribution in [0.3, 0.4) is 0 Å². The third-order valence-electron chi connectivity index (χ3n) is 4.13. The fourth-order valence-corrected chi connectivity index (χ4v) is 2.79. The second-order valence-corrected chi connectivity index (χ2v) is 5.87. The molecule has 1 aliphatic rings. The monoisotopic (exact) mass is 329 g/mol. The lowest BCUT2D eigenvalue weighted by atomic mass is 10.1. The van der Waals surface area contributed by atoms with E-state index in [2.05, 4.69) is 9.97 Å². The zero-order chi connectivity index (χ0) is 16.8. The molecule has 0 N–H and O–H groups in total. The molecule has 0 radical (unpaired) electrons. The van der Waals surface area contributed by atoms with Gasteiger partial charge in [-0.2, -0.15) is 0 Å². The van der Waals surface area contributed by atoms with E-state index in [-0.39, 0.29) is 18.0 Å². The van der Waals surface area contributed by atoms with Crippen LogP contribution in [0, 0.1) is 5.82 Å². The zero-order valence-electron chi connectivity index (χ0n) is 13.4. The van der Waals surface area contributed by atoms with E-state index in [0.29, 0.717) is 19.5 Å². The number of nitrogens with zero attached hydrogens (tertiary/aromatic N) is 3. The van der Waals surface area contributed by atoms with Crippen LogP contribution < -0.4 is 4.74 Å². The molecule has 24 heavy (non-hydrogen) atoms. The van der Waals surface area contributed by atoms with Gasteiger partial charge >= 0.3 is 6.01 Å². The van der Waals surface area contributed by atoms with Crippen LogP contribution in [-0.2, 0) is 11.2 Å². The molecule has 1 fully saturated rings. The van der Waals surface area contributed by atoms with Crippen LogP contribution in [0.25, 0.3) is 0 Å². The minimum Gasteiger partial charge on any atom is -0.460 e. The quantitative estimate of drug-likeness (QED) is 0.846. The number of aryl methyl sites for hydroxylation is 1. The predicted octanol–water partition coefficient (Wildman–Crippen LogP) is 2.62. The molecule has 0 spiro atoms. The van der Waals surface area contributed by atoms with Gasteiger partial charge in [0, 0.05) is 32.4 Å². The Balaban J connectivity index is 1.42. The number of hydrogen-bond donors (Lipinski definition) is 0. The van der Waals surface area contributed by atoms with E-state index in [1.165, 1.54) is 5.56 Å². The lowest BCUT2D eigenvalue weighted by molar-refractivity contribution is -0.133. The summed E-state index contributed by atoms with van der Waals surface area (Å²) < 4.78 is 18.4. The lowest BCUT2D eigenvalue weighted by Gasteiger charge is -2.31. The summed E-state index contributed by atoms with van der Waals surface area (Å²) in [6, 6.07) is 10.2. The van der Waals surface area contributed by atoms with Crippen molar-refractivity contribution in [3.05, 3.63) is 54.1 Å². The van der Waals surface area contributed by atoms with Gasteiger partial charge in [-0.05, 0) is 12.0 Å². The van der Waals surface area contributed by atoms with Crippen molar-refractivity contribution in [3.63, 3.8) is 0 Å². The highest BCUT2D eigenvalue weighted by molar-refractivity contribution is 5.76. The van der Waals surface area contributed by atoms with Crippen molar-refractivity contribution in [2.24, 2.45) is 0 Å². The minimum atomic E-state index is -0.485. The number of carbonyl (C=O) groups is 1. The van der Waals surface area contributed by atoms with Crippen molar-refractivity contribution in [2.45, 2.75) is 31.8 Å². The number of hydrogen-bond acceptors (Lipinski definition) is 4. The van der Waals surface area contributed by atoms with Gasteiger partial charge in [-0.1, -0.05) is 30.3 Å². The molecule has 1 aromatic carbocycles. The second kappa shape index (κ2) is 7.86. The molecule has 1 saturated heterocycles. The average Bonchev–Trinajstić information content (AvgIpc) is 2.63. The molecule has 1 aliphatic heterocycles. The first-order valence-corrected chi connectivity index (χ1v) is 8.16. The molecule has 5 nitrogen and oxygen atoms in total. The molecular weight excluding hydrogens is 309 g/mol. The summed E-state index contributed by atoms with van der Waals surface area (Å²) in [6.07, 6.45) is 4.90. The molecule has 2 heterocycles. The van der Waals surface area contributed by atoms with E-state index in [4.69, 9.17) is 4.74 Å². The van der Waals surface area contributed by atoms with Gasteiger partial charge in [-0.25, -0.2) is 14.4 Å². The van der Waals surface area contributed by atoms with Crippen molar-refractivity contribution < 1.29 is 13.9 Å². The molecular formula is C18H20FN3O2. The Labute approximate surface area is 140 Å². The maximum atomic E-state index is 12.8. The number of carbonyl (C=O) groups excluding carboxylic acids is 1. The standard InChI is InChI=1S/C18H20FN3O2/c19-15-12-20-18(21-13-15)24-16-8-10-22(11-9-16)17(23)7-6-14-4-2-1-3-5-14/h1-5,12-13,16H,6-11H2. The van der Waals surface area contributed by atoms with Crippen LogP contribution in [-0.4, -0.2) is 40.0 Å². The summed E-state index contributed by atoms with van der Waals surface area (Å²) in [5.41, 5.74) is 1.18. The normalized spacial score (nSPS) is 15.3. The van der Waals surface area contributed by atoms with Crippen LogP contribution in [0.4, 0.5) is 4.39 Å². The number of likely N-dealkylation sites (tertiary alicyclic amines) is 1. The molecule has 0 bridgehead atoms. The predicted molar refractivity (Wildman–Crippen MR) is 87.0 cm³/mol. The molecule has 0 unspecified atom stereocenters. The number of amides is 1. The Kier molecular flexibility index (Phi) is 5.36. The highest BCUT2D eigenvalue weighted by Crippen LogP contribution is 2.17. The lowest BCUT2D eigenvalue weighted by Crippen LogP contribution is -2.42. The first-order chi connectivity index (χ1) is 11.7. The number of benzene rings is 1. The number of piperidine rings is 1. The Morgan fingerprint density at radius 3 is 2.50 bits per heavy atom. The minimum absolute atomic E-state index is 0.0337. The summed E-state index contributed by atoms with van der Waals surface area (Å²) >= 11 is 0. The fourth-order valence-electron chi connectivity index (χ4n) is 2.79. The number of aromatic nitrogens is 2. The molecule has 6 heteroatoms. The Morgan fingerprint density at radius 1 is 1.17 bits per heavy atom. The molecule has 0 atom stereocenters. The molecule has 126 valence electrons. The van der Waals surface area contributed by atoms with Crippen LogP contribution in [0.2, 0.25) is 0 Å². The van der Waals surface area contributed by atoms with E-state index in [9.17, 15) is 9.18 Å². The van der Waals surface area contributed by atoms with Crippen molar-refractivity contribution in [1.82, 2.24) is 14.9 Å². The first-order valence-electron chi connectivity index (χ1n) is 8.16. The fraction of sp³-hybridized carbons (Fsp3) is 0.389. The average molecular weight is 329 g/mol. The molecule has 1 amide bonds. The first kappa shape index (κ1) is 16.4. The summed E-state index contributed by atoms with van der Waals surface area (Å²) in [6.45, 7) is 1.33. The van der Waals surface area contributed by atoms with E-state index in [1.807, 2.05) is 35.2 Å². The van der Waals surface area contributed by atoms with Crippen LogP contribution in [0.5, 0.6) is 6.01 Å². The summed E-state index contributed by atoms with van der Waals surface area (Å²) in [5.74, 6) is -0.309. The summed E-state index contributed by atoms with van der Waals surface area (Å²) in [4.78, 5) is 21.8. The van der Waals surface area contributed by atoms with Crippen molar-refractivity contribution in [3.8, 4) is 6.01 Å². The van der Waals surface area contributed by atoms with Crippen LogP contribution >= 0.6 is 0 Å². The Hall–Kier alpha value is -2.50. The van der Waals surface area contributed by atoms with Gasteiger partial charge in [0.15, 0.2) is 5.82 Å². The third kappa shape index (κ3) is 4.50. The Bertz CT molecular complexity index is 656. The van der Waals surface area contributed by atoms with E-state index >= 15 is 0 Å². The van der Waals surface area contributed by atoms with Crippen LogP contribution in [0.15, 0.2) is 42.7 Å². The van der Waals surface area contributed by atoms with Gasteiger partial charge in [0.05, 0.1) is 12.4 Å². The molecule has 3 rings (SSSR count). The third-order valence-corrected chi connectivity index (χ3v) is 4.13. The molecule has 0 saturated carbocycles. The highest BCUT2D eigenvalue weighted by Gasteiger charge is 2.24. The van der Waals surface area contributed by atoms with Gasteiger partial charge in [0.2, 0.25) is 5.91 Å². The smallest absolute Gasteiger partial charge is 0.316 e. The van der Waals surface area contributed by atoms with Crippen molar-refractivity contribution in [1.29, 1.82) is 0 Å². The Morgan fingerprint density at radius 2 is 1.83 bits per heavy atom. The largest absolute Gasteiger partial charge is 0.460 e. The number of halogens is 1. The maximum absolute atomic E-state index is 12.8. The highest BCUT2D eigenvalue weighted by atomic mass is 19.1. The number of rotatable bonds is 5. The van der Waals surface area contributed by atoms with Crippen molar-refractivity contribution in [2.75, 3.05) is 13.1 Å². The number of ether oxygens (including phenoxy) is 1. The zero-order valence-corrected chi connectivity index (χ0v) is 13.4. The van der Waals surface area contributed by atoms with Gasteiger partial charge < -0.3 is 9.64 Å². The SMILES string of the molecule is O=C(CCc1ccccc1)N1CCC(Oc2ncc(F)cn2)CC1. The summed E-state index contributed by atoms with van der Waals surface area (Å²) in [7, 11) is 0. The van der Waals surface area contributed by atoms with E-state index < -0.39 is 5.82 Å². The molecule has 2 aromatic rings. The van der Waals surface area contributed by atoms with Gasteiger partial charge in [0.1, 0.15) is 6.10 Å². The van der Waals surface area contributed by atoms with E-state index in [0.717, 1.165) is 31.7 Å². The second-order valence-electron chi connectivity index (χ2n) is 5.87. The molecule has 0 aliphatic carbocycles. The van der Waals surface area contributed by atoms with Crippen LogP contribution in [0.1, 0.15) is 24.8 Å². The van der Waals surface area contributed by atoms with Gasteiger partial charge in [-0.3, -0.25) is 4.79 Å². The van der Waals surface area contributed by atoms with E-state index in [1.54, 1.807) is 0 Å². The van der Waals surface area contributed by atoms with Gasteiger partial charge in [0.25, 0.3) is 0 Å². The van der Waals surface area contributed by atoms with Gasteiger partial charge in [-0.15, -0.1) is 0 Å². The molecule has 1 aromatic heterocycles. The van der Waals surface area contributed by atoms with Crippen molar-refractivity contribution >= 4 is 5.91 Å². The topological polar surface area (TPSA) is 55.3 Å². The maximum Gasteiger partial charge on any atom is 0.316 e.